The third-order valence-corrected chi connectivity index (χ3v) is 3.97. The maximum absolute atomic E-state index is 3.54. The summed E-state index contributed by atoms with van der Waals surface area (Å²) in [5.41, 5.74) is 3.90. The Morgan fingerprint density at radius 3 is 2.21 bits per heavy atom. The Balaban J connectivity index is 1.95. The van der Waals surface area contributed by atoms with E-state index in [0.29, 0.717) is 6.04 Å². The van der Waals surface area contributed by atoms with Crippen LogP contribution in [-0.4, -0.2) is 18.1 Å². The van der Waals surface area contributed by atoms with Gasteiger partial charge in [0.25, 0.3) is 0 Å². The minimum absolute atomic E-state index is 0.559. The van der Waals surface area contributed by atoms with Gasteiger partial charge in [0, 0.05) is 18.3 Å². The summed E-state index contributed by atoms with van der Waals surface area (Å²) in [6.07, 6.45) is 2.15. The largest absolute Gasteiger partial charge is 0.309 e. The first-order chi connectivity index (χ1) is 9.29. The topological polar surface area (TPSA) is 12.0 Å². The van der Waals surface area contributed by atoms with Gasteiger partial charge >= 0.3 is 0 Å². The summed E-state index contributed by atoms with van der Waals surface area (Å²) in [5.74, 6) is 1.15. The smallest absolute Gasteiger partial charge is 0.0208 e. The summed E-state index contributed by atoms with van der Waals surface area (Å²) in [6, 6.07) is 19.9. The minimum atomic E-state index is 0.559. The van der Waals surface area contributed by atoms with Crippen molar-refractivity contribution >= 4 is 11.8 Å². The Morgan fingerprint density at radius 1 is 0.947 bits per heavy atom. The van der Waals surface area contributed by atoms with Gasteiger partial charge in [-0.2, -0.15) is 11.8 Å². The van der Waals surface area contributed by atoms with Crippen molar-refractivity contribution in [2.24, 2.45) is 0 Å². The second kappa shape index (κ2) is 7.37. The molecule has 19 heavy (non-hydrogen) atoms. The monoisotopic (exact) mass is 271 g/mol. The van der Waals surface area contributed by atoms with Crippen molar-refractivity contribution < 1.29 is 0 Å². The molecule has 1 nitrogen and oxygen atoms in total. The van der Waals surface area contributed by atoms with Crippen molar-refractivity contribution in [2.45, 2.75) is 19.5 Å². The molecule has 0 heterocycles. The highest BCUT2D eigenvalue weighted by molar-refractivity contribution is 7.98. The van der Waals surface area contributed by atoms with Gasteiger partial charge in [0.2, 0.25) is 0 Å². The molecule has 0 aliphatic heterocycles. The zero-order valence-corrected chi connectivity index (χ0v) is 12.4. The Hall–Kier alpha value is -1.25. The number of hydrogen-bond donors (Lipinski definition) is 1. The Kier molecular flexibility index (Phi) is 5.49. The van der Waals surface area contributed by atoms with Crippen molar-refractivity contribution in [3.63, 3.8) is 0 Å². The second-order valence-corrected chi connectivity index (χ2v) is 5.71. The molecule has 0 amide bonds. The Bertz CT molecular complexity index is 478. The quantitative estimate of drug-likeness (QED) is 0.845. The van der Waals surface area contributed by atoms with E-state index in [1.807, 2.05) is 11.8 Å². The standard InChI is InChI=1S/C17H21NS/c1-14(13-19-2)18-12-15-8-10-17(11-9-15)16-6-4-3-5-7-16/h3-11,14,18H,12-13H2,1-2H3. The first-order valence-corrected chi connectivity index (χ1v) is 8.05. The molecular weight excluding hydrogens is 250 g/mol. The van der Waals surface area contributed by atoms with Crippen LogP contribution in [0.2, 0.25) is 0 Å². The fourth-order valence-electron chi connectivity index (χ4n) is 2.05. The van der Waals surface area contributed by atoms with Gasteiger partial charge in [-0.15, -0.1) is 0 Å². The van der Waals surface area contributed by atoms with Crippen molar-refractivity contribution in [3.05, 3.63) is 60.2 Å². The van der Waals surface area contributed by atoms with Crippen LogP contribution in [0.1, 0.15) is 12.5 Å². The van der Waals surface area contributed by atoms with Gasteiger partial charge in [-0.3, -0.25) is 0 Å². The van der Waals surface area contributed by atoms with Crippen LogP contribution in [0, 0.1) is 0 Å². The lowest BCUT2D eigenvalue weighted by Crippen LogP contribution is -2.27. The fourth-order valence-corrected chi connectivity index (χ4v) is 2.66. The van der Waals surface area contributed by atoms with Crippen LogP contribution in [-0.2, 0) is 6.54 Å². The van der Waals surface area contributed by atoms with E-state index in [-0.39, 0.29) is 0 Å². The molecule has 0 bridgehead atoms. The lowest BCUT2D eigenvalue weighted by atomic mass is 10.0. The third-order valence-electron chi connectivity index (χ3n) is 3.13. The Labute approximate surface area is 120 Å². The molecule has 1 N–H and O–H groups in total. The van der Waals surface area contributed by atoms with Crippen molar-refractivity contribution in [1.29, 1.82) is 0 Å². The van der Waals surface area contributed by atoms with Gasteiger partial charge in [-0.25, -0.2) is 0 Å². The van der Waals surface area contributed by atoms with Gasteiger partial charge in [0.1, 0.15) is 0 Å². The van der Waals surface area contributed by atoms with Gasteiger partial charge in [0.15, 0.2) is 0 Å². The van der Waals surface area contributed by atoms with Crippen LogP contribution in [0.4, 0.5) is 0 Å². The normalized spacial score (nSPS) is 12.3. The van der Waals surface area contributed by atoms with E-state index in [1.54, 1.807) is 0 Å². The summed E-state index contributed by atoms with van der Waals surface area (Å²) in [6.45, 7) is 3.17. The molecular formula is C17H21NS. The van der Waals surface area contributed by atoms with Crippen LogP contribution in [0.3, 0.4) is 0 Å². The molecule has 1 unspecified atom stereocenters. The van der Waals surface area contributed by atoms with Crippen LogP contribution in [0.25, 0.3) is 11.1 Å². The summed E-state index contributed by atoms with van der Waals surface area (Å²) in [5, 5.41) is 3.54. The van der Waals surface area contributed by atoms with E-state index in [1.165, 1.54) is 16.7 Å². The van der Waals surface area contributed by atoms with Gasteiger partial charge in [-0.05, 0) is 29.9 Å². The van der Waals surface area contributed by atoms with E-state index >= 15 is 0 Å². The zero-order chi connectivity index (χ0) is 13.5. The number of benzene rings is 2. The molecule has 0 saturated carbocycles. The number of thioether (sulfide) groups is 1. The van der Waals surface area contributed by atoms with E-state index in [0.717, 1.165) is 12.3 Å². The van der Waals surface area contributed by atoms with Crippen molar-refractivity contribution in [1.82, 2.24) is 5.32 Å². The maximum atomic E-state index is 3.54. The Morgan fingerprint density at radius 2 is 1.58 bits per heavy atom. The highest BCUT2D eigenvalue weighted by atomic mass is 32.2. The summed E-state index contributed by atoms with van der Waals surface area (Å²) >= 11 is 1.88. The lowest BCUT2D eigenvalue weighted by Gasteiger charge is -2.12. The zero-order valence-electron chi connectivity index (χ0n) is 11.6. The number of nitrogens with one attached hydrogen (secondary N) is 1. The minimum Gasteiger partial charge on any atom is -0.309 e. The van der Waals surface area contributed by atoms with E-state index in [2.05, 4.69) is 73.1 Å². The highest BCUT2D eigenvalue weighted by Crippen LogP contribution is 2.19. The molecule has 2 aromatic rings. The van der Waals surface area contributed by atoms with Crippen LogP contribution in [0.5, 0.6) is 0 Å². The molecule has 2 heteroatoms. The number of hydrogen-bond acceptors (Lipinski definition) is 2. The molecule has 0 aliphatic rings. The average molecular weight is 271 g/mol. The van der Waals surface area contributed by atoms with Crippen LogP contribution >= 0.6 is 11.8 Å². The molecule has 100 valence electrons. The van der Waals surface area contributed by atoms with Crippen molar-refractivity contribution in [3.8, 4) is 11.1 Å². The molecule has 0 radical (unpaired) electrons. The fraction of sp³-hybridized carbons (Fsp3) is 0.294. The lowest BCUT2D eigenvalue weighted by molar-refractivity contribution is 0.596. The first-order valence-electron chi connectivity index (χ1n) is 6.66. The number of rotatable bonds is 6. The first kappa shape index (κ1) is 14.2. The molecule has 2 aromatic carbocycles. The SMILES string of the molecule is CSCC(C)NCc1ccc(-c2ccccc2)cc1. The molecule has 0 aliphatic carbocycles. The van der Waals surface area contributed by atoms with Gasteiger partial charge < -0.3 is 5.32 Å². The molecule has 0 spiro atoms. The molecule has 1 atom stereocenters. The van der Waals surface area contributed by atoms with Gasteiger partial charge in [0.05, 0.1) is 0 Å². The van der Waals surface area contributed by atoms with E-state index < -0.39 is 0 Å². The van der Waals surface area contributed by atoms with Crippen LogP contribution < -0.4 is 5.32 Å². The highest BCUT2D eigenvalue weighted by Gasteiger charge is 2.01. The van der Waals surface area contributed by atoms with E-state index in [4.69, 9.17) is 0 Å². The molecule has 2 rings (SSSR count). The van der Waals surface area contributed by atoms with E-state index in [9.17, 15) is 0 Å². The third kappa shape index (κ3) is 4.41. The van der Waals surface area contributed by atoms with Crippen molar-refractivity contribution in [2.75, 3.05) is 12.0 Å². The van der Waals surface area contributed by atoms with Crippen LogP contribution in [0.15, 0.2) is 54.6 Å². The predicted molar refractivity (Wildman–Crippen MR) is 86.6 cm³/mol. The average Bonchev–Trinajstić information content (AvgIpc) is 2.47. The summed E-state index contributed by atoms with van der Waals surface area (Å²) in [7, 11) is 0. The predicted octanol–water partition coefficient (Wildman–Crippen LogP) is 4.19. The summed E-state index contributed by atoms with van der Waals surface area (Å²) in [4.78, 5) is 0. The summed E-state index contributed by atoms with van der Waals surface area (Å²) < 4.78 is 0. The van der Waals surface area contributed by atoms with Gasteiger partial charge in [-0.1, -0.05) is 54.6 Å². The molecule has 0 aromatic heterocycles. The molecule has 0 saturated heterocycles. The maximum Gasteiger partial charge on any atom is 0.0208 e. The molecule has 0 fully saturated rings. The second-order valence-electron chi connectivity index (χ2n) is 4.80.